The first-order valence-electron chi connectivity index (χ1n) is 6.39. The summed E-state index contributed by atoms with van der Waals surface area (Å²) in [5, 5.41) is 4.91. The predicted octanol–water partition coefficient (Wildman–Crippen LogP) is 4.46. The van der Waals surface area contributed by atoms with Crippen LogP contribution in [0.2, 0.25) is 5.28 Å². The van der Waals surface area contributed by atoms with Gasteiger partial charge in [-0.1, -0.05) is 13.8 Å². The number of anilines is 1. The molecule has 0 fully saturated rings. The molecule has 2 aromatic heterocycles. The number of thioether (sulfide) groups is 1. The van der Waals surface area contributed by atoms with Gasteiger partial charge in [-0.05, 0) is 36.8 Å². The van der Waals surface area contributed by atoms with Gasteiger partial charge < -0.3 is 5.32 Å². The molecule has 1 N–H and O–H groups in total. The van der Waals surface area contributed by atoms with Crippen LogP contribution < -0.4 is 5.32 Å². The Morgan fingerprint density at radius 2 is 2.21 bits per heavy atom. The molecule has 2 heterocycles. The number of hydrogen-bond donors (Lipinski definition) is 1. The van der Waals surface area contributed by atoms with E-state index in [1.165, 1.54) is 4.88 Å². The summed E-state index contributed by atoms with van der Waals surface area (Å²) in [5.74, 6) is 1.93. The van der Waals surface area contributed by atoms with Crippen LogP contribution in [0.4, 0.5) is 5.82 Å². The Kier molecular flexibility index (Phi) is 5.30. The Morgan fingerprint density at radius 3 is 2.84 bits per heavy atom. The van der Waals surface area contributed by atoms with Crippen LogP contribution in [0.25, 0.3) is 10.2 Å². The van der Waals surface area contributed by atoms with Crippen molar-refractivity contribution in [2.24, 2.45) is 0 Å². The van der Waals surface area contributed by atoms with Crippen LogP contribution in [0.1, 0.15) is 25.1 Å². The molecule has 6 heteroatoms. The zero-order valence-corrected chi connectivity index (χ0v) is 13.8. The molecule has 0 amide bonds. The lowest BCUT2D eigenvalue weighted by Gasteiger charge is -2.16. The molecule has 0 aromatic carbocycles. The highest BCUT2D eigenvalue weighted by Crippen LogP contribution is 2.31. The van der Waals surface area contributed by atoms with Gasteiger partial charge in [-0.25, -0.2) is 9.97 Å². The van der Waals surface area contributed by atoms with Crippen molar-refractivity contribution in [3.05, 3.63) is 16.2 Å². The summed E-state index contributed by atoms with van der Waals surface area (Å²) in [6.07, 6.45) is 4.20. The number of nitrogens with zero attached hydrogens (tertiary/aromatic N) is 2. The molecule has 0 aliphatic rings. The zero-order valence-electron chi connectivity index (χ0n) is 11.4. The van der Waals surface area contributed by atoms with Crippen molar-refractivity contribution in [3.8, 4) is 0 Å². The summed E-state index contributed by atoms with van der Waals surface area (Å²) in [7, 11) is 0. The normalized spacial score (nSPS) is 12.8. The maximum Gasteiger partial charge on any atom is 0.225 e. The number of hydrogen-bond acceptors (Lipinski definition) is 5. The van der Waals surface area contributed by atoms with Gasteiger partial charge in [0, 0.05) is 16.7 Å². The average Bonchev–Trinajstić information content (AvgIpc) is 2.81. The highest BCUT2D eigenvalue weighted by Gasteiger charge is 2.13. The maximum absolute atomic E-state index is 6.02. The van der Waals surface area contributed by atoms with Crippen LogP contribution in [0, 0.1) is 0 Å². The molecule has 0 saturated heterocycles. The first-order chi connectivity index (χ1) is 9.17. The summed E-state index contributed by atoms with van der Waals surface area (Å²) < 4.78 is 0. The molecular formula is C13H18ClN3S2. The van der Waals surface area contributed by atoms with Gasteiger partial charge in [-0.2, -0.15) is 11.8 Å². The molecule has 3 nitrogen and oxygen atoms in total. The van der Waals surface area contributed by atoms with E-state index < -0.39 is 0 Å². The molecule has 1 unspecified atom stereocenters. The van der Waals surface area contributed by atoms with E-state index in [2.05, 4.69) is 41.5 Å². The van der Waals surface area contributed by atoms with E-state index >= 15 is 0 Å². The number of aromatic nitrogens is 2. The fourth-order valence-electron chi connectivity index (χ4n) is 1.89. The van der Waals surface area contributed by atoms with Crippen molar-refractivity contribution in [2.75, 3.05) is 17.3 Å². The molecule has 0 bridgehead atoms. The summed E-state index contributed by atoms with van der Waals surface area (Å²) >= 11 is 9.55. The zero-order chi connectivity index (χ0) is 13.8. The summed E-state index contributed by atoms with van der Waals surface area (Å²) in [6.45, 7) is 4.33. The summed E-state index contributed by atoms with van der Waals surface area (Å²) in [5.41, 5.74) is 0. The molecule has 1 atom stereocenters. The molecule has 104 valence electrons. The molecule has 0 aliphatic carbocycles. The number of aryl methyl sites for hydroxylation is 1. The molecule has 2 rings (SSSR count). The Bertz CT molecular complexity index is 556. The molecule has 19 heavy (non-hydrogen) atoms. The van der Waals surface area contributed by atoms with Gasteiger partial charge in [-0.3, -0.25) is 0 Å². The third kappa shape index (κ3) is 3.52. The first-order valence-corrected chi connectivity index (χ1v) is 8.98. The third-order valence-corrected chi connectivity index (χ3v) is 5.04. The lowest BCUT2D eigenvalue weighted by Crippen LogP contribution is -2.22. The molecule has 0 radical (unpaired) electrons. The van der Waals surface area contributed by atoms with E-state index in [0.717, 1.165) is 34.6 Å². The van der Waals surface area contributed by atoms with E-state index in [4.69, 9.17) is 11.6 Å². The molecule has 0 saturated carbocycles. The molecule has 0 spiro atoms. The van der Waals surface area contributed by atoms with Crippen molar-refractivity contribution < 1.29 is 0 Å². The highest BCUT2D eigenvalue weighted by atomic mass is 35.5. The number of fused-ring (bicyclic) bond motifs is 1. The molecule has 2 aromatic rings. The summed E-state index contributed by atoms with van der Waals surface area (Å²) in [4.78, 5) is 11.0. The van der Waals surface area contributed by atoms with E-state index in [9.17, 15) is 0 Å². The van der Waals surface area contributed by atoms with Gasteiger partial charge in [0.25, 0.3) is 0 Å². The van der Waals surface area contributed by atoms with Crippen molar-refractivity contribution in [1.82, 2.24) is 9.97 Å². The van der Waals surface area contributed by atoms with Crippen LogP contribution in [0.5, 0.6) is 0 Å². The Morgan fingerprint density at radius 1 is 1.42 bits per heavy atom. The summed E-state index contributed by atoms with van der Waals surface area (Å²) in [6, 6.07) is 2.58. The standard InChI is InChI=1S/C13H18ClN3S2/c1-4-8(7-18-3)15-11-10-6-9(5-2)19-12(10)17-13(14)16-11/h6,8H,4-5,7H2,1-3H3,(H,15,16,17). The second kappa shape index (κ2) is 6.77. The van der Waals surface area contributed by atoms with E-state index in [1.807, 2.05) is 11.8 Å². The van der Waals surface area contributed by atoms with Gasteiger partial charge in [0.1, 0.15) is 10.6 Å². The van der Waals surface area contributed by atoms with Crippen LogP contribution in [0.3, 0.4) is 0 Å². The van der Waals surface area contributed by atoms with Crippen LogP contribution in [-0.2, 0) is 6.42 Å². The van der Waals surface area contributed by atoms with Gasteiger partial charge in [0.05, 0.1) is 5.39 Å². The second-order valence-corrected chi connectivity index (χ2v) is 6.70. The number of nitrogens with one attached hydrogen (secondary N) is 1. The lowest BCUT2D eigenvalue weighted by atomic mass is 10.2. The van der Waals surface area contributed by atoms with Gasteiger partial charge in [-0.15, -0.1) is 11.3 Å². The maximum atomic E-state index is 6.02. The monoisotopic (exact) mass is 315 g/mol. The average molecular weight is 316 g/mol. The van der Waals surface area contributed by atoms with Gasteiger partial charge in [0.2, 0.25) is 5.28 Å². The highest BCUT2D eigenvalue weighted by molar-refractivity contribution is 7.98. The Balaban J connectivity index is 2.37. The topological polar surface area (TPSA) is 37.8 Å². The van der Waals surface area contributed by atoms with Crippen molar-refractivity contribution in [2.45, 2.75) is 32.7 Å². The van der Waals surface area contributed by atoms with E-state index in [0.29, 0.717) is 11.3 Å². The fraction of sp³-hybridized carbons (Fsp3) is 0.538. The number of rotatable bonds is 6. The van der Waals surface area contributed by atoms with E-state index in [1.54, 1.807) is 11.3 Å². The Hall–Kier alpha value is -0.520. The van der Waals surface area contributed by atoms with Gasteiger partial charge >= 0.3 is 0 Å². The quantitative estimate of drug-likeness (QED) is 0.799. The lowest BCUT2D eigenvalue weighted by molar-refractivity contribution is 0.771. The molecular weight excluding hydrogens is 298 g/mol. The minimum Gasteiger partial charge on any atom is -0.366 e. The minimum atomic E-state index is 0.318. The van der Waals surface area contributed by atoms with E-state index in [-0.39, 0.29) is 0 Å². The first kappa shape index (κ1) is 14.9. The van der Waals surface area contributed by atoms with Crippen LogP contribution in [-0.4, -0.2) is 28.0 Å². The fourth-order valence-corrected chi connectivity index (χ4v) is 3.79. The largest absolute Gasteiger partial charge is 0.366 e. The minimum absolute atomic E-state index is 0.318. The second-order valence-electron chi connectivity index (χ2n) is 4.33. The van der Waals surface area contributed by atoms with Crippen molar-refractivity contribution in [3.63, 3.8) is 0 Å². The van der Waals surface area contributed by atoms with Crippen molar-refractivity contribution in [1.29, 1.82) is 0 Å². The van der Waals surface area contributed by atoms with Crippen molar-refractivity contribution >= 4 is 50.7 Å². The van der Waals surface area contributed by atoms with Crippen LogP contribution >= 0.6 is 34.7 Å². The SMILES string of the molecule is CCc1cc2c(NC(CC)CSC)nc(Cl)nc2s1. The third-order valence-electron chi connectivity index (χ3n) is 2.97. The van der Waals surface area contributed by atoms with Crippen LogP contribution in [0.15, 0.2) is 6.07 Å². The number of halogens is 1. The number of thiophene rings is 1. The predicted molar refractivity (Wildman–Crippen MR) is 87.9 cm³/mol. The molecule has 0 aliphatic heterocycles. The smallest absolute Gasteiger partial charge is 0.225 e. The van der Waals surface area contributed by atoms with Gasteiger partial charge in [0.15, 0.2) is 0 Å². The Labute approximate surface area is 127 Å².